The highest BCUT2D eigenvalue weighted by molar-refractivity contribution is 5.78. The van der Waals surface area contributed by atoms with E-state index in [2.05, 4.69) is 221 Å². The second-order valence-electron chi connectivity index (χ2n) is 25.0. The molecule has 8 nitrogen and oxygen atoms in total. The molecule has 8 aromatic carbocycles. The molecule has 0 aliphatic heterocycles. The van der Waals surface area contributed by atoms with E-state index >= 15 is 0 Å². The van der Waals surface area contributed by atoms with Gasteiger partial charge in [-0.05, 0) is 207 Å². The first kappa shape index (κ1) is 69.1. The van der Waals surface area contributed by atoms with Crippen molar-refractivity contribution < 1.29 is 28.4 Å². The van der Waals surface area contributed by atoms with Gasteiger partial charge in [0.1, 0.15) is 46.0 Å². The quantitative estimate of drug-likeness (QED) is 0.0350. The first-order chi connectivity index (χ1) is 44.7. The van der Waals surface area contributed by atoms with E-state index < -0.39 is 0 Å². The first-order valence-electron chi connectivity index (χ1n) is 35.0. The van der Waals surface area contributed by atoms with E-state index in [0.717, 1.165) is 132 Å². The van der Waals surface area contributed by atoms with Gasteiger partial charge in [-0.3, -0.25) is 0 Å². The maximum atomic E-state index is 6.50. The number of anilines is 6. The summed E-state index contributed by atoms with van der Waals surface area (Å²) in [5.41, 5.74) is 8.29. The van der Waals surface area contributed by atoms with Gasteiger partial charge in [-0.2, -0.15) is 0 Å². The number of unbranched alkanes of at least 4 members (excludes halogenated alkanes) is 20. The van der Waals surface area contributed by atoms with E-state index in [9.17, 15) is 0 Å². The summed E-state index contributed by atoms with van der Waals surface area (Å²) in [6.07, 6.45) is 29.8. The van der Waals surface area contributed by atoms with Gasteiger partial charge >= 0.3 is 0 Å². The molecule has 0 bridgehead atoms. The largest absolute Gasteiger partial charge is 0.494 e. The molecule has 91 heavy (non-hydrogen) atoms. The molecule has 8 aromatic rings. The molecule has 0 aliphatic rings. The normalized spacial score (nSPS) is 11.3. The van der Waals surface area contributed by atoms with E-state index in [1.54, 1.807) is 0 Å². The molecule has 0 fully saturated rings. The fourth-order valence-electron chi connectivity index (χ4n) is 11.6. The molecule has 8 rings (SSSR count). The van der Waals surface area contributed by atoms with Gasteiger partial charge in [-0.15, -0.1) is 0 Å². The van der Waals surface area contributed by atoms with Gasteiger partial charge in [0.15, 0.2) is 0 Å². The highest BCUT2D eigenvalue weighted by Crippen LogP contribution is 2.41. The molecular formula is C83H106N2O6. The van der Waals surface area contributed by atoms with E-state index in [-0.39, 0.29) is 5.41 Å². The minimum atomic E-state index is -0.278. The Kier molecular flexibility index (Phi) is 29.4. The lowest BCUT2D eigenvalue weighted by atomic mass is 9.78. The van der Waals surface area contributed by atoms with Crippen molar-refractivity contribution in [3.05, 3.63) is 205 Å². The third kappa shape index (κ3) is 22.8. The van der Waals surface area contributed by atoms with Gasteiger partial charge in [-0.25, -0.2) is 0 Å². The van der Waals surface area contributed by atoms with Gasteiger partial charge in [0.2, 0.25) is 0 Å². The predicted octanol–water partition coefficient (Wildman–Crippen LogP) is 25.5. The summed E-state index contributed by atoms with van der Waals surface area (Å²) in [5.74, 6) is 6.65. The molecule has 0 atom stereocenters. The van der Waals surface area contributed by atoms with Crippen molar-refractivity contribution in [2.45, 2.75) is 201 Å². The Hall–Kier alpha value is -7.84. The zero-order chi connectivity index (χ0) is 63.6. The molecular weight excluding hydrogens is 1120 g/mol. The second kappa shape index (κ2) is 38.8. The van der Waals surface area contributed by atoms with Crippen LogP contribution >= 0.6 is 0 Å². The maximum Gasteiger partial charge on any atom is 0.127 e. The van der Waals surface area contributed by atoms with Crippen molar-refractivity contribution in [1.29, 1.82) is 0 Å². The topological polar surface area (TPSA) is 61.9 Å². The van der Waals surface area contributed by atoms with E-state index in [1.807, 2.05) is 24.3 Å². The summed E-state index contributed by atoms with van der Waals surface area (Å²) in [4.78, 5) is 4.53. The van der Waals surface area contributed by atoms with E-state index in [0.29, 0.717) is 0 Å². The maximum absolute atomic E-state index is 6.50. The van der Waals surface area contributed by atoms with Crippen LogP contribution in [0, 0.1) is 0 Å². The van der Waals surface area contributed by atoms with Gasteiger partial charge in [0, 0.05) is 39.5 Å². The molecule has 0 aromatic heterocycles. The fraction of sp³-hybridized carbons (Fsp3) is 0.422. The summed E-state index contributed by atoms with van der Waals surface area (Å²) >= 11 is 0. The molecule has 0 unspecified atom stereocenters. The first-order valence-corrected chi connectivity index (χ1v) is 35.0. The van der Waals surface area contributed by atoms with Crippen molar-refractivity contribution in [2.24, 2.45) is 0 Å². The SMILES string of the molecule is CCCCCCCCOc1ccc(N(c2ccc(OCCCCCCCC)cc2)c2ccc(Oc3ccc(C(C)(C)c4ccc(Oc5ccc(N(c6ccc(OCCCCCCCC)cc6)c6ccc(OCCCCCCCC)cc6)cc5)cc4)cc3)cc2)cc1. The standard InChI is InChI=1S/C83H106N2O6/c1-7-11-15-19-23-27-63-86-75-51-35-69(36-52-75)84(70-37-53-76(54-38-70)87-64-28-24-20-16-12-8-2)73-43-59-81(60-44-73)90-79-47-31-67(32-48-79)83(5,6)68-33-49-80(50-34-68)91-82-61-45-74(46-62-82)85(71-39-55-77(56-40-71)88-65-29-25-21-17-13-9-3)72-41-57-78(58-42-72)89-66-30-26-22-18-14-10-4/h31-62H,7-30,63-66H2,1-6H3. The van der Waals surface area contributed by atoms with Crippen LogP contribution in [0.4, 0.5) is 34.1 Å². The Labute approximate surface area is 548 Å². The second-order valence-corrected chi connectivity index (χ2v) is 25.0. The Morgan fingerprint density at radius 2 is 0.396 bits per heavy atom. The number of hydrogen-bond acceptors (Lipinski definition) is 8. The van der Waals surface area contributed by atoms with Crippen LogP contribution in [0.5, 0.6) is 46.0 Å². The minimum Gasteiger partial charge on any atom is -0.494 e. The average molecular weight is 1230 g/mol. The molecule has 0 amide bonds. The van der Waals surface area contributed by atoms with Crippen LogP contribution in [0.2, 0.25) is 0 Å². The highest BCUT2D eigenvalue weighted by Gasteiger charge is 2.24. The Bertz CT molecular complexity index is 2860. The van der Waals surface area contributed by atoms with Gasteiger partial charge in [0.25, 0.3) is 0 Å². The fourth-order valence-corrected chi connectivity index (χ4v) is 11.6. The molecule has 0 saturated heterocycles. The van der Waals surface area contributed by atoms with Crippen LogP contribution < -0.4 is 38.2 Å². The third-order valence-corrected chi connectivity index (χ3v) is 17.3. The average Bonchev–Trinajstić information content (AvgIpc) is 1.14. The highest BCUT2D eigenvalue weighted by atomic mass is 16.5. The van der Waals surface area contributed by atoms with Crippen molar-refractivity contribution in [3.63, 3.8) is 0 Å². The van der Waals surface area contributed by atoms with Crippen molar-refractivity contribution in [3.8, 4) is 46.0 Å². The molecule has 0 N–H and O–H groups in total. The Morgan fingerprint density at radius 3 is 0.604 bits per heavy atom. The Morgan fingerprint density at radius 1 is 0.220 bits per heavy atom. The van der Waals surface area contributed by atoms with Crippen LogP contribution in [-0.4, -0.2) is 26.4 Å². The smallest absolute Gasteiger partial charge is 0.127 e. The number of rotatable bonds is 44. The third-order valence-electron chi connectivity index (χ3n) is 17.3. The Balaban J connectivity index is 0.883. The lowest BCUT2D eigenvalue weighted by Crippen LogP contribution is -2.18. The van der Waals surface area contributed by atoms with Gasteiger partial charge < -0.3 is 38.2 Å². The molecule has 8 heteroatoms. The number of hydrogen-bond donors (Lipinski definition) is 0. The molecule has 0 heterocycles. The monoisotopic (exact) mass is 1230 g/mol. The van der Waals surface area contributed by atoms with E-state index in [4.69, 9.17) is 28.4 Å². The van der Waals surface area contributed by atoms with E-state index in [1.165, 1.54) is 140 Å². The molecule has 0 saturated carbocycles. The van der Waals surface area contributed by atoms with Crippen molar-refractivity contribution in [1.82, 2.24) is 0 Å². The zero-order valence-corrected chi connectivity index (χ0v) is 56.1. The zero-order valence-electron chi connectivity index (χ0n) is 56.1. The van der Waals surface area contributed by atoms with Crippen LogP contribution in [-0.2, 0) is 5.41 Å². The molecule has 484 valence electrons. The molecule has 0 radical (unpaired) electrons. The van der Waals surface area contributed by atoms with Crippen molar-refractivity contribution >= 4 is 34.1 Å². The van der Waals surface area contributed by atoms with Crippen LogP contribution in [0.1, 0.15) is 207 Å². The number of ether oxygens (including phenoxy) is 6. The summed E-state index contributed by atoms with van der Waals surface area (Å²) in [6.45, 7) is 16.5. The summed E-state index contributed by atoms with van der Waals surface area (Å²) in [6, 6.07) is 67.4. The summed E-state index contributed by atoms with van der Waals surface area (Å²) in [5, 5.41) is 0. The lowest BCUT2D eigenvalue weighted by Gasteiger charge is -2.27. The van der Waals surface area contributed by atoms with Crippen LogP contribution in [0.3, 0.4) is 0 Å². The molecule has 0 aliphatic carbocycles. The van der Waals surface area contributed by atoms with Crippen LogP contribution in [0.25, 0.3) is 0 Å². The summed E-state index contributed by atoms with van der Waals surface area (Å²) in [7, 11) is 0. The summed E-state index contributed by atoms with van der Waals surface area (Å²) < 4.78 is 37.7. The minimum absolute atomic E-state index is 0.278. The number of nitrogens with zero attached hydrogens (tertiary/aromatic N) is 2. The predicted molar refractivity (Wildman–Crippen MR) is 383 cm³/mol. The van der Waals surface area contributed by atoms with Crippen molar-refractivity contribution in [2.75, 3.05) is 36.2 Å². The molecule has 0 spiro atoms. The van der Waals surface area contributed by atoms with Gasteiger partial charge in [0.05, 0.1) is 26.4 Å². The lowest BCUT2D eigenvalue weighted by molar-refractivity contribution is 0.304. The number of benzene rings is 8. The van der Waals surface area contributed by atoms with Crippen LogP contribution in [0.15, 0.2) is 194 Å². The van der Waals surface area contributed by atoms with Gasteiger partial charge in [-0.1, -0.05) is 194 Å².